The van der Waals surface area contributed by atoms with E-state index in [-0.39, 0.29) is 23.5 Å². The Balaban J connectivity index is -0.000000162. The molecule has 24 heavy (non-hydrogen) atoms. The Hall–Kier alpha value is -1.26. The van der Waals surface area contributed by atoms with Gasteiger partial charge < -0.3 is 0 Å². The highest BCUT2D eigenvalue weighted by Gasteiger charge is 2.88. The fraction of sp³-hybridized carbons (Fsp3) is 1.00. The van der Waals surface area contributed by atoms with Crippen molar-refractivity contribution in [1.29, 1.82) is 0 Å². The summed E-state index contributed by atoms with van der Waals surface area (Å²) in [6, 6.07) is 0. The van der Waals surface area contributed by atoms with E-state index in [1.54, 1.807) is 0 Å². The summed E-state index contributed by atoms with van der Waals surface area (Å²) in [7, 11) is 0. The molecule has 0 aromatic carbocycles. The van der Waals surface area contributed by atoms with Crippen LogP contribution in [0.1, 0.15) is 0 Å². The van der Waals surface area contributed by atoms with Crippen molar-refractivity contribution in [3.63, 3.8) is 0 Å². The predicted octanol–water partition coefficient (Wildman–Crippen LogP) is 5.12. The number of alkyl halides is 13. The van der Waals surface area contributed by atoms with Gasteiger partial charge in [0.2, 0.25) is 0 Å². The first-order valence-electron chi connectivity index (χ1n) is 3.80. The van der Waals surface area contributed by atoms with Crippen molar-refractivity contribution >= 4 is 0 Å². The lowest BCUT2D eigenvalue weighted by Gasteiger charge is -2.36. The average molecular weight is 420 g/mol. The first-order valence-corrected chi connectivity index (χ1v) is 3.80. The Kier molecular flexibility index (Phi) is 14.8. The minimum atomic E-state index is -7.78. The van der Waals surface area contributed by atoms with Crippen molar-refractivity contribution < 1.29 is 80.6 Å². The first kappa shape index (κ1) is 38.4. The molecule has 0 heterocycles. The molecule has 0 aromatic heterocycles. The highest BCUT2D eigenvalue weighted by molar-refractivity contribution is 5.06. The fourth-order valence-corrected chi connectivity index (χ4v) is 0.722. The Morgan fingerprint density at radius 1 is 0.417 bits per heavy atom. The van der Waals surface area contributed by atoms with E-state index in [9.17, 15) is 57.1 Å². The molecule has 0 unspecified atom stereocenters. The monoisotopic (exact) mass is 420 g/mol. The minimum Gasteiger partial charge on any atom is -0.269 e. The van der Waals surface area contributed by atoms with Gasteiger partial charge in [0.1, 0.15) is 0 Å². The van der Waals surface area contributed by atoms with E-state index in [1.165, 1.54) is 0 Å². The number of rotatable bonds is 4. The van der Waals surface area contributed by atoms with Crippen molar-refractivity contribution in [3.05, 3.63) is 0 Å². The van der Waals surface area contributed by atoms with E-state index in [2.05, 4.69) is 0 Å². The maximum Gasteiger partial charge on any atom is 0.460 e. The summed E-state index contributed by atoms with van der Waals surface area (Å²) in [6.07, 6.45) is -12.9. The maximum absolute atomic E-state index is 12.3. The molecule has 0 atom stereocenters. The minimum absolute atomic E-state index is 0. The van der Waals surface area contributed by atoms with Crippen molar-refractivity contribution in [1.82, 2.24) is 0 Å². The summed E-state index contributed by atoms with van der Waals surface area (Å²) < 4.78 is 155. The molecule has 18 heteroatoms. The summed E-state index contributed by atoms with van der Waals surface area (Å²) in [5, 5.41) is 0. The molecule has 0 aliphatic heterocycles. The van der Waals surface area contributed by atoms with Crippen LogP contribution in [0.5, 0.6) is 0 Å². The van der Waals surface area contributed by atoms with Gasteiger partial charge in [-0.3, -0.25) is 23.5 Å². The molecule has 0 N–H and O–H groups in total. The van der Waals surface area contributed by atoms with Crippen LogP contribution in [0, 0.1) is 0 Å². The molecule has 0 spiro atoms. The Bertz CT molecular complexity index is 325. The van der Waals surface area contributed by atoms with Gasteiger partial charge in [-0.05, 0) is 0 Å². The summed E-state index contributed by atoms with van der Waals surface area (Å²) in [6.45, 7) is 0. The van der Waals surface area contributed by atoms with Gasteiger partial charge in [-0.1, -0.05) is 0 Å². The number of halogens is 18. The number of hydrogen-bond donors (Lipinski definition) is 0. The van der Waals surface area contributed by atoms with Crippen molar-refractivity contribution in [2.45, 2.75) is 36.3 Å². The lowest BCUT2D eigenvalue weighted by Crippen LogP contribution is -2.67. The van der Waals surface area contributed by atoms with E-state index in [4.69, 9.17) is 0 Å². The van der Waals surface area contributed by atoms with Gasteiger partial charge >= 0.3 is 36.3 Å². The Morgan fingerprint density at radius 3 is 0.833 bits per heavy atom. The van der Waals surface area contributed by atoms with E-state index in [1.807, 2.05) is 0 Å². The summed E-state index contributed by atoms with van der Waals surface area (Å²) >= 11 is 0. The molecule has 0 bridgehead atoms. The summed E-state index contributed by atoms with van der Waals surface area (Å²) in [5.74, 6) is -30.1. The SMILES string of the molecule is F.F.F.F.F.FC(F)C(F)(F)C(F)(F)C(F)(F)C(F)(F)C(F)(F)F. The summed E-state index contributed by atoms with van der Waals surface area (Å²) in [5.41, 5.74) is 0. The first-order chi connectivity index (χ1) is 7.94. The Morgan fingerprint density at radius 2 is 0.667 bits per heavy atom. The molecular weight excluding hydrogens is 414 g/mol. The second-order valence-corrected chi connectivity index (χ2v) is 3.14. The normalized spacial score (nSPS) is 12.8. The van der Waals surface area contributed by atoms with Crippen molar-refractivity contribution in [2.75, 3.05) is 0 Å². The van der Waals surface area contributed by atoms with Crippen LogP contribution in [0.15, 0.2) is 0 Å². The molecule has 0 saturated heterocycles. The van der Waals surface area contributed by atoms with Crippen molar-refractivity contribution in [2.24, 2.45) is 0 Å². The topological polar surface area (TPSA) is 0 Å². The van der Waals surface area contributed by atoms with Crippen LogP contribution >= 0.6 is 0 Å². The van der Waals surface area contributed by atoms with Gasteiger partial charge in [0.15, 0.2) is 0 Å². The predicted molar refractivity (Wildman–Crippen MR) is 44.4 cm³/mol. The van der Waals surface area contributed by atoms with Gasteiger partial charge in [0.05, 0.1) is 0 Å². The zero-order valence-electron chi connectivity index (χ0n) is 10.0. The van der Waals surface area contributed by atoms with Crippen LogP contribution in [-0.4, -0.2) is 36.3 Å². The van der Waals surface area contributed by atoms with Crippen LogP contribution in [0.4, 0.5) is 80.6 Å². The van der Waals surface area contributed by atoms with Crippen molar-refractivity contribution in [3.8, 4) is 0 Å². The highest BCUT2D eigenvalue weighted by atomic mass is 19.4. The molecule has 0 nitrogen and oxygen atoms in total. The third kappa shape index (κ3) is 4.87. The Labute approximate surface area is 118 Å². The van der Waals surface area contributed by atoms with Gasteiger partial charge in [0, 0.05) is 0 Å². The van der Waals surface area contributed by atoms with E-state index in [0.717, 1.165) is 0 Å². The number of hydrogen-bond acceptors (Lipinski definition) is 0. The van der Waals surface area contributed by atoms with Crippen LogP contribution in [0.25, 0.3) is 0 Å². The van der Waals surface area contributed by atoms with E-state index < -0.39 is 36.3 Å². The molecule has 0 aliphatic rings. The van der Waals surface area contributed by atoms with Gasteiger partial charge in [0.25, 0.3) is 0 Å². The smallest absolute Gasteiger partial charge is 0.269 e. The molecular formula is C6H6F18. The van der Waals surface area contributed by atoms with Crippen LogP contribution in [0.2, 0.25) is 0 Å². The molecule has 0 radical (unpaired) electrons. The molecule has 156 valence electrons. The largest absolute Gasteiger partial charge is 0.460 e. The second-order valence-electron chi connectivity index (χ2n) is 3.14. The van der Waals surface area contributed by atoms with Gasteiger partial charge in [-0.2, -0.15) is 48.3 Å². The third-order valence-electron chi connectivity index (χ3n) is 1.84. The van der Waals surface area contributed by atoms with Crippen LogP contribution < -0.4 is 0 Å². The quantitative estimate of drug-likeness (QED) is 0.555. The molecule has 0 aliphatic carbocycles. The zero-order valence-corrected chi connectivity index (χ0v) is 10.0. The summed E-state index contributed by atoms with van der Waals surface area (Å²) in [4.78, 5) is 0. The average Bonchev–Trinajstić information content (AvgIpc) is 2.14. The lowest BCUT2D eigenvalue weighted by atomic mass is 9.98. The molecule has 0 aromatic rings. The maximum atomic E-state index is 12.3. The molecule has 0 fully saturated rings. The third-order valence-corrected chi connectivity index (χ3v) is 1.84. The van der Waals surface area contributed by atoms with Gasteiger partial charge in [-0.25, -0.2) is 8.78 Å². The van der Waals surface area contributed by atoms with E-state index >= 15 is 0 Å². The van der Waals surface area contributed by atoms with Crippen LogP contribution in [0.3, 0.4) is 0 Å². The molecule has 0 saturated carbocycles. The van der Waals surface area contributed by atoms with E-state index in [0.29, 0.717) is 0 Å². The van der Waals surface area contributed by atoms with Crippen LogP contribution in [-0.2, 0) is 0 Å². The fourth-order valence-electron chi connectivity index (χ4n) is 0.722. The second kappa shape index (κ2) is 9.28. The lowest BCUT2D eigenvalue weighted by molar-refractivity contribution is -0.430. The highest BCUT2D eigenvalue weighted by Crippen LogP contribution is 2.58. The standard InChI is InChI=1S/C6HF13.5FH/c7-1(8)2(9,10)3(11,12)4(13,14)5(15,16)6(17,18)19;;;;;/h1H;5*1H. The zero-order chi connectivity index (χ0) is 16.1. The molecule has 0 amide bonds. The van der Waals surface area contributed by atoms with Gasteiger partial charge in [-0.15, -0.1) is 0 Å². The molecule has 0 rings (SSSR count).